The van der Waals surface area contributed by atoms with Crippen LogP contribution in [-0.4, -0.2) is 51.0 Å². The number of hydrogen-bond donors (Lipinski definition) is 1. The minimum Gasteiger partial charge on any atom is -0.480 e. The van der Waals surface area contributed by atoms with E-state index in [2.05, 4.69) is 9.88 Å². The second-order valence-electron chi connectivity index (χ2n) is 10.5. The van der Waals surface area contributed by atoms with Crippen molar-refractivity contribution >= 4 is 41.0 Å². The Balaban J connectivity index is 1.44. The number of nitrogens with zero attached hydrogens (tertiary/aromatic N) is 4. The minimum absolute atomic E-state index is 0.122. The highest BCUT2D eigenvalue weighted by molar-refractivity contribution is 6.30. The Kier molecular flexibility index (Phi) is 9.72. The molecule has 2 heterocycles. The smallest absolute Gasteiger partial charge is 0.323 e. The van der Waals surface area contributed by atoms with Gasteiger partial charge in [0, 0.05) is 35.4 Å². The number of amides is 1. The fraction of sp³-hybridized carbons (Fsp3) is 0.273. The van der Waals surface area contributed by atoms with E-state index in [9.17, 15) is 14.7 Å². The molecule has 1 aliphatic rings. The maximum Gasteiger partial charge on any atom is 0.323 e. The maximum absolute atomic E-state index is 13.9. The summed E-state index contributed by atoms with van der Waals surface area (Å²) in [7, 11) is 0. The van der Waals surface area contributed by atoms with Crippen molar-refractivity contribution in [1.82, 2.24) is 14.9 Å². The minimum atomic E-state index is -1.09. The van der Waals surface area contributed by atoms with E-state index >= 15 is 0 Å². The second-order valence-corrected chi connectivity index (χ2v) is 11.4. The molecule has 1 aromatic heterocycles. The number of aliphatic carboxylic acids is 1. The van der Waals surface area contributed by atoms with E-state index in [1.54, 1.807) is 30.5 Å². The Morgan fingerprint density at radius 1 is 0.881 bits per heavy atom. The number of rotatable bonds is 11. The average Bonchev–Trinajstić information content (AvgIpc) is 3.46. The fourth-order valence-electron chi connectivity index (χ4n) is 5.37. The van der Waals surface area contributed by atoms with E-state index in [1.807, 2.05) is 54.6 Å². The lowest BCUT2D eigenvalue weighted by atomic mass is 10.0. The van der Waals surface area contributed by atoms with Crippen LogP contribution in [0, 0.1) is 0 Å². The molecule has 0 unspecified atom stereocenters. The molecule has 0 aliphatic carbocycles. The molecule has 5 rings (SSSR count). The van der Waals surface area contributed by atoms with Crippen LogP contribution in [0.3, 0.4) is 0 Å². The second kappa shape index (κ2) is 13.8. The molecule has 42 heavy (non-hydrogen) atoms. The van der Waals surface area contributed by atoms with E-state index in [1.165, 1.54) is 10.5 Å². The monoisotopic (exact) mass is 602 g/mol. The number of carbonyl (C=O) groups is 2. The summed E-state index contributed by atoms with van der Waals surface area (Å²) in [6, 6.07) is 25.2. The predicted octanol–water partition coefficient (Wildman–Crippen LogP) is 6.51. The summed E-state index contributed by atoms with van der Waals surface area (Å²) >= 11 is 12.1. The molecular weight excluding hydrogens is 571 g/mol. The van der Waals surface area contributed by atoms with Gasteiger partial charge in [-0.15, -0.1) is 0 Å². The van der Waals surface area contributed by atoms with Gasteiger partial charge in [-0.3, -0.25) is 9.59 Å². The van der Waals surface area contributed by atoms with Crippen LogP contribution in [0.4, 0.5) is 5.95 Å². The van der Waals surface area contributed by atoms with Gasteiger partial charge in [-0.1, -0.05) is 77.8 Å². The molecule has 1 saturated heterocycles. The summed E-state index contributed by atoms with van der Waals surface area (Å²) in [5.41, 5.74) is 4.02. The molecule has 216 valence electrons. The van der Waals surface area contributed by atoms with Crippen LogP contribution < -0.4 is 4.90 Å². The summed E-state index contributed by atoms with van der Waals surface area (Å²) < 4.78 is 0. The van der Waals surface area contributed by atoms with Gasteiger partial charge in [0.1, 0.15) is 6.54 Å². The van der Waals surface area contributed by atoms with E-state index in [4.69, 9.17) is 28.2 Å². The highest BCUT2D eigenvalue weighted by atomic mass is 35.5. The molecule has 3 aromatic carbocycles. The first kappa shape index (κ1) is 29.5. The van der Waals surface area contributed by atoms with Gasteiger partial charge in [-0.25, -0.2) is 9.97 Å². The molecule has 1 aliphatic heterocycles. The lowest BCUT2D eigenvalue weighted by Gasteiger charge is -2.26. The maximum atomic E-state index is 13.9. The molecule has 4 aromatic rings. The van der Waals surface area contributed by atoms with Crippen molar-refractivity contribution in [1.29, 1.82) is 0 Å². The lowest BCUT2D eigenvalue weighted by Crippen LogP contribution is -2.37. The normalized spacial score (nSPS) is 14.6. The molecule has 0 spiro atoms. The van der Waals surface area contributed by atoms with Crippen molar-refractivity contribution in [2.45, 2.75) is 44.7 Å². The van der Waals surface area contributed by atoms with Crippen LogP contribution in [0.25, 0.3) is 0 Å². The van der Waals surface area contributed by atoms with Crippen LogP contribution in [-0.2, 0) is 30.6 Å². The van der Waals surface area contributed by atoms with Crippen molar-refractivity contribution in [2.75, 3.05) is 18.0 Å². The van der Waals surface area contributed by atoms with Crippen molar-refractivity contribution in [3.05, 3.63) is 123 Å². The van der Waals surface area contributed by atoms with Crippen molar-refractivity contribution in [3.63, 3.8) is 0 Å². The standard InChI is InChI=1S/C33H32Cl2N4O3/c34-26-13-8-24(9-14-26)19-28-7-4-18-39(28)33-36-20-29(30(37-33)17-12-23-5-2-1-3-6-23)32(42)38(22-31(40)41)21-25-10-15-27(35)16-11-25/h1-3,5-6,8-11,13-16,20,28H,4,7,12,17-19,21-22H2,(H,40,41)/t28-/m0/s1. The van der Waals surface area contributed by atoms with Gasteiger partial charge in [0.25, 0.3) is 5.91 Å². The van der Waals surface area contributed by atoms with Crippen molar-refractivity contribution < 1.29 is 14.7 Å². The number of halogens is 2. The van der Waals surface area contributed by atoms with E-state index < -0.39 is 18.4 Å². The predicted molar refractivity (Wildman–Crippen MR) is 165 cm³/mol. The highest BCUT2D eigenvalue weighted by Gasteiger charge is 2.29. The van der Waals surface area contributed by atoms with E-state index in [0.29, 0.717) is 40.1 Å². The number of carboxylic acids is 1. The summed E-state index contributed by atoms with van der Waals surface area (Å²) in [6.07, 6.45) is 5.64. The van der Waals surface area contributed by atoms with Gasteiger partial charge >= 0.3 is 5.97 Å². The molecule has 1 N–H and O–H groups in total. The first-order chi connectivity index (χ1) is 20.4. The first-order valence-corrected chi connectivity index (χ1v) is 14.8. The quantitative estimate of drug-likeness (QED) is 0.211. The Hall–Kier alpha value is -3.94. The Bertz CT molecular complexity index is 1520. The van der Waals surface area contributed by atoms with Crippen molar-refractivity contribution in [3.8, 4) is 0 Å². The number of hydrogen-bond acceptors (Lipinski definition) is 5. The SMILES string of the molecule is O=C(O)CN(Cc1ccc(Cl)cc1)C(=O)c1cnc(N2CCC[C@H]2Cc2ccc(Cl)cc2)nc1CCc1ccccc1. The van der Waals surface area contributed by atoms with Gasteiger partial charge < -0.3 is 14.9 Å². The number of carboxylic acid groups (broad SMARTS) is 1. The van der Waals surface area contributed by atoms with Crippen LogP contribution in [0.1, 0.15) is 45.6 Å². The van der Waals surface area contributed by atoms with Crippen LogP contribution >= 0.6 is 23.2 Å². The largest absolute Gasteiger partial charge is 0.480 e. The van der Waals surface area contributed by atoms with Gasteiger partial charge in [-0.2, -0.15) is 0 Å². The average molecular weight is 604 g/mol. The molecule has 7 nitrogen and oxygen atoms in total. The zero-order chi connectivity index (χ0) is 29.5. The summed E-state index contributed by atoms with van der Waals surface area (Å²) in [4.78, 5) is 38.8. The summed E-state index contributed by atoms with van der Waals surface area (Å²) in [5.74, 6) is -0.919. The lowest BCUT2D eigenvalue weighted by molar-refractivity contribution is -0.137. The molecule has 0 saturated carbocycles. The number of anilines is 1. The molecule has 1 fully saturated rings. The van der Waals surface area contributed by atoms with Crippen LogP contribution in [0.5, 0.6) is 0 Å². The fourth-order valence-corrected chi connectivity index (χ4v) is 5.62. The van der Waals surface area contributed by atoms with E-state index in [-0.39, 0.29) is 12.6 Å². The zero-order valence-corrected chi connectivity index (χ0v) is 24.6. The summed E-state index contributed by atoms with van der Waals surface area (Å²) in [6.45, 7) is 0.499. The zero-order valence-electron chi connectivity index (χ0n) is 23.1. The van der Waals surface area contributed by atoms with Gasteiger partial charge in [0.15, 0.2) is 0 Å². The molecule has 1 atom stereocenters. The van der Waals surface area contributed by atoms with E-state index in [0.717, 1.165) is 36.9 Å². The van der Waals surface area contributed by atoms with Crippen LogP contribution in [0.15, 0.2) is 85.1 Å². The highest BCUT2D eigenvalue weighted by Crippen LogP contribution is 2.27. The first-order valence-electron chi connectivity index (χ1n) is 14.0. The van der Waals surface area contributed by atoms with Gasteiger partial charge in [0.05, 0.1) is 11.3 Å². The van der Waals surface area contributed by atoms with Gasteiger partial charge in [0.2, 0.25) is 5.95 Å². The molecule has 9 heteroatoms. The number of benzene rings is 3. The Morgan fingerprint density at radius 2 is 1.55 bits per heavy atom. The summed E-state index contributed by atoms with van der Waals surface area (Å²) in [5, 5.41) is 10.9. The van der Waals surface area contributed by atoms with Crippen molar-refractivity contribution in [2.24, 2.45) is 0 Å². The third-order valence-corrected chi connectivity index (χ3v) is 8.00. The molecule has 1 amide bonds. The Morgan fingerprint density at radius 3 is 2.21 bits per heavy atom. The third kappa shape index (κ3) is 7.66. The number of aromatic nitrogens is 2. The molecule has 0 radical (unpaired) electrons. The Labute approximate surface area is 255 Å². The third-order valence-electron chi connectivity index (χ3n) is 7.50. The number of aryl methyl sites for hydroxylation is 2. The van der Waals surface area contributed by atoms with Gasteiger partial charge in [-0.05, 0) is 73.1 Å². The number of carbonyl (C=O) groups excluding carboxylic acids is 1. The topological polar surface area (TPSA) is 86.6 Å². The molecular formula is C33H32Cl2N4O3. The van der Waals surface area contributed by atoms with Crippen LogP contribution in [0.2, 0.25) is 10.0 Å². The molecule has 0 bridgehead atoms.